The number of hydrogen-bond acceptors (Lipinski definition) is 2. The molecule has 2 aromatic rings. The Morgan fingerprint density at radius 2 is 2.05 bits per heavy atom. The van der Waals surface area contributed by atoms with Gasteiger partial charge in [-0.15, -0.1) is 0 Å². The first-order valence-electron chi connectivity index (χ1n) is 6.08. The molecule has 5 heteroatoms. The van der Waals surface area contributed by atoms with Crippen LogP contribution in [0.5, 0.6) is 0 Å². The zero-order chi connectivity index (χ0) is 14.7. The Morgan fingerprint density at radius 3 is 2.70 bits per heavy atom. The Balaban J connectivity index is 2.21. The third kappa shape index (κ3) is 3.52. The highest BCUT2D eigenvalue weighted by atomic mass is 79.9. The topological polar surface area (TPSA) is 55.1 Å². The molecule has 0 spiro atoms. The maximum Gasteiger partial charge on any atom is 0.248 e. The smallest absolute Gasteiger partial charge is 0.248 e. The number of nitrogens with one attached hydrogen (secondary N) is 1. The monoisotopic (exact) mass is 352 g/mol. The van der Waals surface area contributed by atoms with Gasteiger partial charge < -0.3 is 11.1 Å². The molecule has 0 aliphatic rings. The van der Waals surface area contributed by atoms with Gasteiger partial charge in [-0.1, -0.05) is 39.7 Å². The zero-order valence-electron chi connectivity index (χ0n) is 10.9. The van der Waals surface area contributed by atoms with E-state index in [4.69, 9.17) is 17.3 Å². The number of primary amides is 1. The normalized spacial score (nSPS) is 11.9. The summed E-state index contributed by atoms with van der Waals surface area (Å²) in [5, 5.41) is 3.99. The van der Waals surface area contributed by atoms with E-state index in [1.165, 1.54) is 0 Å². The van der Waals surface area contributed by atoms with Gasteiger partial charge in [0.2, 0.25) is 5.91 Å². The van der Waals surface area contributed by atoms with E-state index in [-0.39, 0.29) is 6.04 Å². The Morgan fingerprint density at radius 1 is 1.30 bits per heavy atom. The lowest BCUT2D eigenvalue weighted by Crippen LogP contribution is -2.12. The van der Waals surface area contributed by atoms with Gasteiger partial charge in [-0.2, -0.15) is 0 Å². The molecule has 104 valence electrons. The Hall–Kier alpha value is -1.52. The molecule has 3 N–H and O–H groups in total. The van der Waals surface area contributed by atoms with Crippen LogP contribution in [0.2, 0.25) is 5.02 Å². The maximum absolute atomic E-state index is 11.2. The van der Waals surface area contributed by atoms with Gasteiger partial charge in [0.25, 0.3) is 0 Å². The molecular weight excluding hydrogens is 340 g/mol. The van der Waals surface area contributed by atoms with Gasteiger partial charge >= 0.3 is 0 Å². The summed E-state index contributed by atoms with van der Waals surface area (Å²) in [6.45, 7) is 2.01. The molecule has 0 aromatic heterocycles. The van der Waals surface area contributed by atoms with Crippen LogP contribution in [0.15, 0.2) is 46.9 Å². The number of anilines is 1. The molecule has 1 amide bonds. The predicted octanol–water partition coefficient (Wildman–Crippen LogP) is 4.37. The third-order valence-electron chi connectivity index (χ3n) is 2.96. The van der Waals surface area contributed by atoms with Gasteiger partial charge in [0.05, 0.1) is 0 Å². The van der Waals surface area contributed by atoms with Crippen molar-refractivity contribution in [1.29, 1.82) is 0 Å². The van der Waals surface area contributed by atoms with Crippen LogP contribution in [0.3, 0.4) is 0 Å². The molecule has 0 fully saturated rings. The van der Waals surface area contributed by atoms with E-state index in [0.717, 1.165) is 15.7 Å². The first kappa shape index (κ1) is 14.9. The summed E-state index contributed by atoms with van der Waals surface area (Å²) in [7, 11) is 0. The summed E-state index contributed by atoms with van der Waals surface area (Å²) in [5.74, 6) is -0.442. The van der Waals surface area contributed by atoms with E-state index >= 15 is 0 Å². The zero-order valence-corrected chi connectivity index (χ0v) is 13.2. The highest BCUT2D eigenvalue weighted by Crippen LogP contribution is 2.28. The van der Waals surface area contributed by atoms with Gasteiger partial charge in [0.15, 0.2) is 0 Å². The van der Waals surface area contributed by atoms with Crippen LogP contribution in [0.4, 0.5) is 5.69 Å². The standard InChI is InChI=1S/C15H14BrClN2O/c1-9(13-6-5-11(16)8-14(13)17)19-12-4-2-3-10(7-12)15(18)20/h2-9,19H,1H3,(H2,18,20). The minimum absolute atomic E-state index is 0.0127. The van der Waals surface area contributed by atoms with Crippen molar-refractivity contribution in [2.75, 3.05) is 5.32 Å². The lowest BCUT2D eigenvalue weighted by molar-refractivity contribution is 0.100. The first-order chi connectivity index (χ1) is 9.47. The van der Waals surface area contributed by atoms with Crippen molar-refractivity contribution in [1.82, 2.24) is 0 Å². The lowest BCUT2D eigenvalue weighted by Gasteiger charge is -2.17. The number of carbonyl (C=O) groups excluding carboxylic acids is 1. The van der Waals surface area contributed by atoms with Crippen LogP contribution >= 0.6 is 27.5 Å². The van der Waals surface area contributed by atoms with Crippen LogP contribution in [0.25, 0.3) is 0 Å². The van der Waals surface area contributed by atoms with Crippen LogP contribution in [-0.4, -0.2) is 5.91 Å². The quantitative estimate of drug-likeness (QED) is 0.857. The minimum Gasteiger partial charge on any atom is -0.378 e. The summed E-state index contributed by atoms with van der Waals surface area (Å²) >= 11 is 9.61. The molecule has 0 saturated carbocycles. The highest BCUT2D eigenvalue weighted by Gasteiger charge is 2.10. The van der Waals surface area contributed by atoms with Crippen molar-refractivity contribution in [2.45, 2.75) is 13.0 Å². The third-order valence-corrected chi connectivity index (χ3v) is 3.78. The van der Waals surface area contributed by atoms with Crippen molar-refractivity contribution in [2.24, 2.45) is 5.73 Å². The SMILES string of the molecule is CC(Nc1cccc(C(N)=O)c1)c1ccc(Br)cc1Cl. The maximum atomic E-state index is 11.2. The predicted molar refractivity (Wildman–Crippen MR) is 86.1 cm³/mol. The molecule has 1 atom stereocenters. The molecule has 0 radical (unpaired) electrons. The Kier molecular flexibility index (Phi) is 4.68. The van der Waals surface area contributed by atoms with Gasteiger partial charge in [-0.3, -0.25) is 4.79 Å². The second kappa shape index (κ2) is 6.29. The van der Waals surface area contributed by atoms with Crippen LogP contribution in [0.1, 0.15) is 28.9 Å². The fraction of sp³-hybridized carbons (Fsp3) is 0.133. The second-order valence-corrected chi connectivity index (χ2v) is 5.80. The molecule has 0 aliphatic heterocycles. The van der Waals surface area contributed by atoms with Gasteiger partial charge in [0.1, 0.15) is 0 Å². The van der Waals surface area contributed by atoms with Crippen LogP contribution in [0, 0.1) is 0 Å². The summed E-state index contributed by atoms with van der Waals surface area (Å²) in [6.07, 6.45) is 0. The first-order valence-corrected chi connectivity index (χ1v) is 7.26. The number of benzene rings is 2. The van der Waals surface area contributed by atoms with E-state index < -0.39 is 5.91 Å². The molecular formula is C15H14BrClN2O. The molecule has 0 heterocycles. The number of halogens is 2. The largest absolute Gasteiger partial charge is 0.378 e. The van der Waals surface area contributed by atoms with Crippen molar-refractivity contribution < 1.29 is 4.79 Å². The van der Waals surface area contributed by atoms with Crippen LogP contribution in [-0.2, 0) is 0 Å². The average molecular weight is 354 g/mol. The molecule has 0 aliphatic carbocycles. The average Bonchev–Trinajstić information content (AvgIpc) is 2.38. The molecule has 3 nitrogen and oxygen atoms in total. The van der Waals surface area contributed by atoms with Crippen molar-refractivity contribution in [3.05, 3.63) is 63.1 Å². The number of hydrogen-bond donors (Lipinski definition) is 2. The molecule has 2 rings (SSSR count). The summed E-state index contributed by atoms with van der Waals surface area (Å²) in [6, 6.07) is 12.9. The molecule has 0 saturated heterocycles. The fourth-order valence-corrected chi connectivity index (χ4v) is 2.78. The fourth-order valence-electron chi connectivity index (χ4n) is 1.94. The highest BCUT2D eigenvalue weighted by molar-refractivity contribution is 9.10. The molecule has 1 unspecified atom stereocenters. The second-order valence-electron chi connectivity index (χ2n) is 4.48. The van der Waals surface area contributed by atoms with E-state index in [0.29, 0.717) is 10.6 Å². The summed E-state index contributed by atoms with van der Waals surface area (Å²) in [4.78, 5) is 11.2. The van der Waals surface area contributed by atoms with Crippen molar-refractivity contribution in [3.63, 3.8) is 0 Å². The summed E-state index contributed by atoms with van der Waals surface area (Å²) in [5.41, 5.74) is 7.56. The summed E-state index contributed by atoms with van der Waals surface area (Å²) < 4.78 is 0.939. The number of amides is 1. The lowest BCUT2D eigenvalue weighted by atomic mass is 10.1. The Labute approximate surface area is 131 Å². The number of nitrogens with two attached hydrogens (primary N) is 1. The van der Waals surface area contributed by atoms with Crippen molar-refractivity contribution >= 4 is 39.1 Å². The molecule has 0 bridgehead atoms. The van der Waals surface area contributed by atoms with Gasteiger partial charge in [0, 0.05) is 26.8 Å². The molecule has 2 aromatic carbocycles. The Bertz CT molecular complexity index is 646. The number of rotatable bonds is 4. The minimum atomic E-state index is -0.442. The van der Waals surface area contributed by atoms with Crippen LogP contribution < -0.4 is 11.1 Å². The van der Waals surface area contributed by atoms with E-state index in [9.17, 15) is 4.79 Å². The molecule has 20 heavy (non-hydrogen) atoms. The van der Waals surface area contributed by atoms with E-state index in [2.05, 4.69) is 21.2 Å². The van der Waals surface area contributed by atoms with Gasteiger partial charge in [-0.25, -0.2) is 0 Å². The van der Waals surface area contributed by atoms with Crippen molar-refractivity contribution in [3.8, 4) is 0 Å². The van der Waals surface area contributed by atoms with Gasteiger partial charge in [-0.05, 0) is 42.8 Å². The van der Waals surface area contributed by atoms with E-state index in [1.807, 2.05) is 31.2 Å². The number of carbonyl (C=O) groups is 1. The van der Waals surface area contributed by atoms with E-state index in [1.54, 1.807) is 18.2 Å².